The third-order valence-corrected chi connectivity index (χ3v) is 3.60. The maximum absolute atomic E-state index is 12.2. The quantitative estimate of drug-likeness (QED) is 0.773. The molecule has 20 heavy (non-hydrogen) atoms. The molecule has 112 valence electrons. The second-order valence-corrected chi connectivity index (χ2v) is 4.93. The van der Waals surface area contributed by atoms with Crippen molar-refractivity contribution in [1.29, 1.82) is 0 Å². The summed E-state index contributed by atoms with van der Waals surface area (Å²) in [5.41, 5.74) is 7.01. The number of pyridine rings is 1. The van der Waals surface area contributed by atoms with Gasteiger partial charge in [0, 0.05) is 51.0 Å². The normalized spacial score (nSPS) is 12.4. The van der Waals surface area contributed by atoms with Gasteiger partial charge in [-0.05, 0) is 38.6 Å². The van der Waals surface area contributed by atoms with E-state index in [0.29, 0.717) is 13.0 Å². The highest BCUT2D eigenvalue weighted by Gasteiger charge is 2.20. The Labute approximate surface area is 121 Å². The molecule has 0 aromatic carbocycles. The zero-order valence-electron chi connectivity index (χ0n) is 12.7. The summed E-state index contributed by atoms with van der Waals surface area (Å²) in [7, 11) is 2.01. The van der Waals surface area contributed by atoms with Crippen LogP contribution in [0, 0.1) is 0 Å². The van der Waals surface area contributed by atoms with Crippen molar-refractivity contribution in [3.05, 3.63) is 30.1 Å². The Morgan fingerprint density at radius 1 is 1.30 bits per heavy atom. The topological polar surface area (TPSA) is 62.5 Å². The lowest BCUT2D eigenvalue weighted by Gasteiger charge is -2.29. The number of nitrogens with zero attached hydrogens (tertiary/aromatic N) is 3. The average Bonchev–Trinajstić information content (AvgIpc) is 2.47. The van der Waals surface area contributed by atoms with Crippen LogP contribution in [-0.2, 0) is 11.3 Å². The largest absolute Gasteiger partial charge is 0.343 e. The van der Waals surface area contributed by atoms with Gasteiger partial charge in [-0.3, -0.25) is 14.7 Å². The summed E-state index contributed by atoms with van der Waals surface area (Å²) in [5, 5.41) is 0. The lowest BCUT2D eigenvalue weighted by molar-refractivity contribution is -0.132. The molecule has 0 aliphatic rings. The van der Waals surface area contributed by atoms with Crippen LogP contribution in [0.2, 0.25) is 0 Å². The first kappa shape index (κ1) is 16.6. The van der Waals surface area contributed by atoms with E-state index in [1.165, 1.54) is 5.56 Å². The summed E-state index contributed by atoms with van der Waals surface area (Å²) in [6, 6.07) is 4.03. The first-order valence-corrected chi connectivity index (χ1v) is 7.19. The number of likely N-dealkylation sites (N-methyl/N-ethyl adjacent to an activating group) is 1. The molecule has 2 N–H and O–H groups in total. The fourth-order valence-electron chi connectivity index (χ4n) is 2.23. The fraction of sp³-hybridized carbons (Fsp3) is 0.600. The van der Waals surface area contributed by atoms with Gasteiger partial charge in [-0.1, -0.05) is 0 Å². The predicted molar refractivity (Wildman–Crippen MR) is 81.1 cm³/mol. The maximum Gasteiger partial charge on any atom is 0.224 e. The molecule has 0 aliphatic heterocycles. The van der Waals surface area contributed by atoms with E-state index < -0.39 is 0 Å². The van der Waals surface area contributed by atoms with Crippen LogP contribution in [0.3, 0.4) is 0 Å². The number of hydrogen-bond donors (Lipinski definition) is 1. The fourth-order valence-corrected chi connectivity index (χ4v) is 2.23. The minimum atomic E-state index is 0.0660. The Kier molecular flexibility index (Phi) is 7.18. The van der Waals surface area contributed by atoms with Crippen molar-refractivity contribution in [3.63, 3.8) is 0 Å². The molecule has 0 aliphatic carbocycles. The van der Waals surface area contributed by atoms with E-state index in [9.17, 15) is 4.79 Å². The molecule has 0 bridgehead atoms. The molecule has 1 amide bonds. The average molecular weight is 278 g/mol. The van der Waals surface area contributed by atoms with Crippen LogP contribution in [0.25, 0.3) is 0 Å². The molecule has 5 nitrogen and oxygen atoms in total. The van der Waals surface area contributed by atoms with Crippen LogP contribution in [0.5, 0.6) is 0 Å². The molecule has 0 saturated carbocycles. The Morgan fingerprint density at radius 3 is 2.40 bits per heavy atom. The number of amides is 1. The molecule has 1 atom stereocenters. The van der Waals surface area contributed by atoms with Gasteiger partial charge in [0.1, 0.15) is 0 Å². The molecule has 1 rings (SSSR count). The molecule has 5 heteroatoms. The molecule has 1 unspecified atom stereocenters. The first-order chi connectivity index (χ1) is 9.62. The van der Waals surface area contributed by atoms with E-state index in [4.69, 9.17) is 5.73 Å². The van der Waals surface area contributed by atoms with Crippen molar-refractivity contribution < 1.29 is 4.79 Å². The predicted octanol–water partition coefficient (Wildman–Crippen LogP) is 1.10. The maximum atomic E-state index is 12.2. The van der Waals surface area contributed by atoms with Gasteiger partial charge in [-0.25, -0.2) is 0 Å². The van der Waals surface area contributed by atoms with Crippen molar-refractivity contribution in [2.75, 3.05) is 26.7 Å². The number of carbonyl (C=O) groups excluding carboxylic acids is 1. The third-order valence-electron chi connectivity index (χ3n) is 3.60. The smallest absolute Gasteiger partial charge is 0.224 e. The molecule has 1 aromatic rings. The van der Waals surface area contributed by atoms with E-state index >= 15 is 0 Å². The Balaban J connectivity index is 2.59. The van der Waals surface area contributed by atoms with E-state index in [0.717, 1.165) is 19.6 Å². The van der Waals surface area contributed by atoms with Gasteiger partial charge in [0.05, 0.1) is 0 Å². The SMILES string of the molecule is CCN(CC)C(=O)CC(CN)N(C)Cc1ccncc1. The van der Waals surface area contributed by atoms with Gasteiger partial charge >= 0.3 is 0 Å². The number of hydrogen-bond acceptors (Lipinski definition) is 4. The summed E-state index contributed by atoms with van der Waals surface area (Å²) >= 11 is 0. The first-order valence-electron chi connectivity index (χ1n) is 7.19. The van der Waals surface area contributed by atoms with Gasteiger partial charge < -0.3 is 10.6 Å². The summed E-state index contributed by atoms with van der Waals surface area (Å²) < 4.78 is 0. The van der Waals surface area contributed by atoms with Gasteiger partial charge in [0.25, 0.3) is 0 Å². The standard InChI is InChI=1S/C15H26N4O/c1-4-19(5-2)15(20)10-14(11-16)18(3)12-13-6-8-17-9-7-13/h6-9,14H,4-5,10-12,16H2,1-3H3. The van der Waals surface area contributed by atoms with Gasteiger partial charge in [0.2, 0.25) is 5.91 Å². The second-order valence-electron chi connectivity index (χ2n) is 4.93. The van der Waals surface area contributed by atoms with Gasteiger partial charge in [0.15, 0.2) is 0 Å². The summed E-state index contributed by atoms with van der Waals surface area (Å²) in [5.74, 6) is 0.173. The number of carbonyl (C=O) groups is 1. The summed E-state index contributed by atoms with van der Waals surface area (Å²) in [6.45, 7) is 6.75. The van der Waals surface area contributed by atoms with Crippen LogP contribution >= 0.6 is 0 Å². The number of rotatable bonds is 8. The second kappa shape index (κ2) is 8.66. The molecular formula is C15H26N4O. The monoisotopic (exact) mass is 278 g/mol. The Hall–Kier alpha value is -1.46. The summed E-state index contributed by atoms with van der Waals surface area (Å²) in [4.78, 5) is 20.2. The van der Waals surface area contributed by atoms with Crippen LogP contribution in [0.15, 0.2) is 24.5 Å². The van der Waals surface area contributed by atoms with Gasteiger partial charge in [-0.2, -0.15) is 0 Å². The van der Waals surface area contributed by atoms with Crippen LogP contribution < -0.4 is 5.73 Å². The molecule has 0 spiro atoms. The minimum Gasteiger partial charge on any atom is -0.343 e. The molecule has 0 fully saturated rings. The highest BCUT2D eigenvalue weighted by atomic mass is 16.2. The number of aromatic nitrogens is 1. The molecular weight excluding hydrogens is 252 g/mol. The zero-order valence-corrected chi connectivity index (χ0v) is 12.7. The third kappa shape index (κ3) is 4.90. The number of nitrogens with two attached hydrogens (primary N) is 1. The Morgan fingerprint density at radius 2 is 1.90 bits per heavy atom. The van der Waals surface area contributed by atoms with Crippen LogP contribution in [-0.4, -0.2) is 53.4 Å². The lowest BCUT2D eigenvalue weighted by Crippen LogP contribution is -2.42. The van der Waals surface area contributed by atoms with Crippen molar-refractivity contribution in [3.8, 4) is 0 Å². The highest BCUT2D eigenvalue weighted by Crippen LogP contribution is 2.09. The molecule has 1 aromatic heterocycles. The van der Waals surface area contributed by atoms with Gasteiger partial charge in [-0.15, -0.1) is 0 Å². The minimum absolute atomic E-state index is 0.0660. The van der Waals surface area contributed by atoms with E-state index in [2.05, 4.69) is 9.88 Å². The van der Waals surface area contributed by atoms with E-state index in [1.54, 1.807) is 12.4 Å². The van der Waals surface area contributed by atoms with Crippen molar-refractivity contribution in [2.24, 2.45) is 5.73 Å². The van der Waals surface area contributed by atoms with Crippen molar-refractivity contribution >= 4 is 5.91 Å². The van der Waals surface area contributed by atoms with Crippen LogP contribution in [0.4, 0.5) is 0 Å². The highest BCUT2D eigenvalue weighted by molar-refractivity contribution is 5.76. The van der Waals surface area contributed by atoms with E-state index in [1.807, 2.05) is 37.9 Å². The summed E-state index contributed by atoms with van der Waals surface area (Å²) in [6.07, 6.45) is 4.03. The molecule has 0 saturated heterocycles. The Bertz CT molecular complexity index is 392. The van der Waals surface area contributed by atoms with Crippen molar-refractivity contribution in [1.82, 2.24) is 14.8 Å². The zero-order chi connectivity index (χ0) is 15.0. The molecule has 1 heterocycles. The van der Waals surface area contributed by atoms with E-state index in [-0.39, 0.29) is 11.9 Å². The van der Waals surface area contributed by atoms with Crippen molar-refractivity contribution in [2.45, 2.75) is 32.9 Å². The lowest BCUT2D eigenvalue weighted by atomic mass is 10.1. The van der Waals surface area contributed by atoms with Crippen LogP contribution in [0.1, 0.15) is 25.8 Å². The molecule has 0 radical (unpaired) electrons.